The molecule has 3 aromatic carbocycles. The zero-order valence-corrected chi connectivity index (χ0v) is 19.7. The van der Waals surface area contributed by atoms with Crippen molar-refractivity contribution in [1.29, 1.82) is 0 Å². The lowest BCUT2D eigenvalue weighted by molar-refractivity contribution is -0.136. The Morgan fingerprint density at radius 1 is 0.824 bits per heavy atom. The smallest absolute Gasteiger partial charge is 0.278 e. The maximum atomic E-state index is 13.6. The van der Waals surface area contributed by atoms with Crippen LogP contribution in [0, 0.1) is 0 Å². The quantitative estimate of drug-likeness (QED) is 0.442. The molecule has 1 aliphatic rings. The molecule has 3 aromatic rings. The van der Waals surface area contributed by atoms with E-state index in [4.69, 9.17) is 9.47 Å². The molecule has 0 N–H and O–H groups in total. The molecule has 0 bridgehead atoms. The normalized spacial score (nSPS) is 13.4. The molecule has 6 heteroatoms. The Balaban J connectivity index is 1.66. The zero-order chi connectivity index (χ0) is 24.1. The minimum atomic E-state index is -0.297. The maximum Gasteiger partial charge on any atom is 0.278 e. The number of hydrogen-bond donors (Lipinski definition) is 0. The standard InChI is InChI=1S/C28H28N2O4/c1-4-34-24-16-12-21(13-17-24)25-26(29(2)22-8-6-5-7-9-22)28(32)30(27(25)31)19-18-20-10-14-23(33-3)15-11-20/h5-17H,4,18-19H2,1-3H3. The first-order valence-electron chi connectivity index (χ1n) is 11.3. The van der Waals surface area contributed by atoms with Gasteiger partial charge < -0.3 is 14.4 Å². The molecule has 6 nitrogen and oxygen atoms in total. The van der Waals surface area contributed by atoms with E-state index >= 15 is 0 Å². The molecule has 0 atom stereocenters. The molecule has 1 heterocycles. The van der Waals surface area contributed by atoms with Gasteiger partial charge >= 0.3 is 0 Å². The van der Waals surface area contributed by atoms with Crippen LogP contribution in [0.5, 0.6) is 11.5 Å². The Morgan fingerprint density at radius 2 is 1.47 bits per heavy atom. The second-order valence-corrected chi connectivity index (χ2v) is 7.94. The molecular formula is C28H28N2O4. The molecule has 0 saturated heterocycles. The van der Waals surface area contributed by atoms with Crippen LogP contribution in [0.2, 0.25) is 0 Å². The van der Waals surface area contributed by atoms with Gasteiger partial charge in [0.2, 0.25) is 0 Å². The van der Waals surface area contributed by atoms with E-state index in [0.29, 0.717) is 29.9 Å². The van der Waals surface area contributed by atoms with Crippen molar-refractivity contribution in [3.8, 4) is 11.5 Å². The highest BCUT2D eigenvalue weighted by Gasteiger charge is 2.40. The monoisotopic (exact) mass is 456 g/mol. The summed E-state index contributed by atoms with van der Waals surface area (Å²) in [4.78, 5) is 30.3. The van der Waals surface area contributed by atoms with Gasteiger partial charge in [-0.1, -0.05) is 42.5 Å². The molecule has 34 heavy (non-hydrogen) atoms. The highest BCUT2D eigenvalue weighted by Crippen LogP contribution is 2.34. The first-order valence-corrected chi connectivity index (χ1v) is 11.3. The van der Waals surface area contributed by atoms with Gasteiger partial charge in [0.1, 0.15) is 17.2 Å². The predicted molar refractivity (Wildman–Crippen MR) is 133 cm³/mol. The first kappa shape index (κ1) is 23.1. The van der Waals surface area contributed by atoms with Gasteiger partial charge in [0.05, 0.1) is 19.3 Å². The average molecular weight is 457 g/mol. The summed E-state index contributed by atoms with van der Waals surface area (Å²) in [6, 6.07) is 24.5. The van der Waals surface area contributed by atoms with Crippen LogP contribution in [0.25, 0.3) is 5.57 Å². The van der Waals surface area contributed by atoms with Crippen molar-refractivity contribution in [2.24, 2.45) is 0 Å². The number of amides is 2. The Kier molecular flexibility index (Phi) is 6.97. The van der Waals surface area contributed by atoms with E-state index in [1.807, 2.05) is 92.8 Å². The summed E-state index contributed by atoms with van der Waals surface area (Å²) in [7, 11) is 3.44. The molecule has 0 unspecified atom stereocenters. The van der Waals surface area contributed by atoms with E-state index in [1.165, 1.54) is 4.90 Å². The van der Waals surface area contributed by atoms with Crippen molar-refractivity contribution in [1.82, 2.24) is 4.90 Å². The van der Waals surface area contributed by atoms with Gasteiger partial charge in [-0.15, -0.1) is 0 Å². The Morgan fingerprint density at radius 3 is 2.09 bits per heavy atom. The summed E-state index contributed by atoms with van der Waals surface area (Å²) in [5.41, 5.74) is 3.31. The van der Waals surface area contributed by atoms with E-state index in [0.717, 1.165) is 22.7 Å². The lowest BCUT2D eigenvalue weighted by atomic mass is 10.0. The van der Waals surface area contributed by atoms with Gasteiger partial charge in [-0.05, 0) is 60.9 Å². The number of likely N-dealkylation sites (N-methyl/N-ethyl adjacent to an activating group) is 1. The Labute approximate surface area is 200 Å². The number of carbonyl (C=O) groups is 2. The molecular weight excluding hydrogens is 428 g/mol. The largest absolute Gasteiger partial charge is 0.497 e. The van der Waals surface area contributed by atoms with Crippen molar-refractivity contribution >= 4 is 23.1 Å². The Bertz CT molecular complexity index is 1190. The van der Waals surface area contributed by atoms with Crippen LogP contribution in [-0.4, -0.2) is 44.0 Å². The minimum absolute atomic E-state index is 0.288. The summed E-state index contributed by atoms with van der Waals surface area (Å²) < 4.78 is 10.8. The van der Waals surface area contributed by atoms with Gasteiger partial charge in [-0.25, -0.2) is 0 Å². The number of nitrogens with zero attached hydrogens (tertiary/aromatic N) is 2. The van der Waals surface area contributed by atoms with Gasteiger partial charge in [0, 0.05) is 19.3 Å². The van der Waals surface area contributed by atoms with Crippen LogP contribution in [0.1, 0.15) is 18.1 Å². The van der Waals surface area contributed by atoms with E-state index in [2.05, 4.69) is 0 Å². The molecule has 0 fully saturated rings. The van der Waals surface area contributed by atoms with E-state index in [9.17, 15) is 9.59 Å². The van der Waals surface area contributed by atoms with Crippen LogP contribution in [0.3, 0.4) is 0 Å². The molecule has 0 aromatic heterocycles. The van der Waals surface area contributed by atoms with Crippen molar-refractivity contribution < 1.29 is 19.1 Å². The molecule has 0 spiro atoms. The molecule has 2 amide bonds. The topological polar surface area (TPSA) is 59.1 Å². The fourth-order valence-corrected chi connectivity index (χ4v) is 4.04. The summed E-state index contributed by atoms with van der Waals surface area (Å²) in [6.45, 7) is 2.76. The van der Waals surface area contributed by atoms with Crippen LogP contribution in [0.4, 0.5) is 5.69 Å². The SMILES string of the molecule is CCOc1ccc(C2=C(N(C)c3ccccc3)C(=O)N(CCc3ccc(OC)cc3)C2=O)cc1. The van der Waals surface area contributed by atoms with Crippen LogP contribution >= 0.6 is 0 Å². The fourth-order valence-electron chi connectivity index (χ4n) is 4.04. The third-order valence-corrected chi connectivity index (χ3v) is 5.86. The second-order valence-electron chi connectivity index (χ2n) is 7.94. The van der Waals surface area contributed by atoms with Gasteiger partial charge in [-0.2, -0.15) is 0 Å². The number of ether oxygens (including phenoxy) is 2. The highest BCUT2D eigenvalue weighted by molar-refractivity contribution is 6.36. The summed E-state index contributed by atoms with van der Waals surface area (Å²) >= 11 is 0. The van der Waals surface area contributed by atoms with Gasteiger partial charge in [0.25, 0.3) is 11.8 Å². The molecule has 4 rings (SSSR count). The fraction of sp³-hybridized carbons (Fsp3) is 0.214. The number of hydrogen-bond acceptors (Lipinski definition) is 5. The molecule has 0 aliphatic carbocycles. The Hall–Kier alpha value is -4.06. The number of para-hydroxylation sites is 1. The summed E-state index contributed by atoms with van der Waals surface area (Å²) in [6.07, 6.45) is 0.556. The summed E-state index contributed by atoms with van der Waals surface area (Å²) in [5.74, 6) is 0.899. The third-order valence-electron chi connectivity index (χ3n) is 5.86. The minimum Gasteiger partial charge on any atom is -0.497 e. The number of anilines is 1. The van der Waals surface area contributed by atoms with Crippen molar-refractivity contribution in [3.05, 3.63) is 95.7 Å². The molecule has 1 aliphatic heterocycles. The number of benzene rings is 3. The van der Waals surface area contributed by atoms with Crippen molar-refractivity contribution in [3.63, 3.8) is 0 Å². The van der Waals surface area contributed by atoms with E-state index < -0.39 is 0 Å². The molecule has 174 valence electrons. The lowest BCUT2D eigenvalue weighted by Crippen LogP contribution is -2.35. The third kappa shape index (κ3) is 4.66. The van der Waals surface area contributed by atoms with E-state index in [1.54, 1.807) is 12.0 Å². The molecule has 0 radical (unpaired) electrons. The first-order chi connectivity index (χ1) is 16.5. The number of rotatable bonds is 9. The van der Waals surface area contributed by atoms with Crippen molar-refractivity contribution in [2.45, 2.75) is 13.3 Å². The van der Waals surface area contributed by atoms with Gasteiger partial charge in [0.15, 0.2) is 0 Å². The lowest BCUT2D eigenvalue weighted by Gasteiger charge is -2.21. The number of imide groups is 1. The molecule has 0 saturated carbocycles. The maximum absolute atomic E-state index is 13.6. The average Bonchev–Trinajstić information content (AvgIpc) is 3.13. The van der Waals surface area contributed by atoms with Crippen LogP contribution < -0.4 is 14.4 Å². The second kappa shape index (κ2) is 10.3. The highest BCUT2D eigenvalue weighted by atomic mass is 16.5. The zero-order valence-electron chi connectivity index (χ0n) is 19.7. The summed E-state index contributed by atoms with van der Waals surface area (Å²) in [5, 5.41) is 0. The number of methoxy groups -OCH3 is 1. The van der Waals surface area contributed by atoms with Gasteiger partial charge in [-0.3, -0.25) is 14.5 Å². The number of carbonyl (C=O) groups excluding carboxylic acids is 2. The predicted octanol–water partition coefficient (Wildman–Crippen LogP) is 4.55. The van der Waals surface area contributed by atoms with Crippen LogP contribution in [0.15, 0.2) is 84.6 Å². The van der Waals surface area contributed by atoms with Crippen molar-refractivity contribution in [2.75, 3.05) is 32.2 Å². The van der Waals surface area contributed by atoms with Crippen LogP contribution in [-0.2, 0) is 16.0 Å². The van der Waals surface area contributed by atoms with E-state index in [-0.39, 0.29) is 18.4 Å².